The Kier molecular flexibility index (Phi) is 6.49. The zero-order chi connectivity index (χ0) is 16.1. The molecule has 1 aliphatic carbocycles. The molecule has 0 aromatic heterocycles. The van der Waals surface area contributed by atoms with Gasteiger partial charge in [0.25, 0.3) is 0 Å². The maximum atomic E-state index is 10.7. The predicted octanol–water partition coefficient (Wildman–Crippen LogP) is 4.35. The normalized spacial score (nSPS) is 23.1. The fraction of sp³-hybridized carbons (Fsp3) is 0.538. The highest BCUT2D eigenvalue weighted by atomic mass is 35.5. The largest absolute Gasteiger partial charge is 0.522 e. The van der Waals surface area contributed by atoms with E-state index in [0.717, 1.165) is 6.42 Å². The van der Waals surface area contributed by atoms with Crippen LogP contribution in [0.1, 0.15) is 37.2 Å². The second-order valence-corrected chi connectivity index (χ2v) is 6.82. The molecule has 1 fully saturated rings. The highest BCUT2D eigenvalue weighted by molar-refractivity contribution is 7.86. The van der Waals surface area contributed by atoms with E-state index in [9.17, 15) is 13.2 Å². The molecule has 0 saturated heterocycles. The first-order valence-electron chi connectivity index (χ1n) is 6.34. The van der Waals surface area contributed by atoms with Crippen molar-refractivity contribution in [2.45, 2.75) is 42.5 Å². The lowest BCUT2D eigenvalue weighted by molar-refractivity contribution is -0.0510. The topological polar surface area (TPSA) is 54.4 Å². The Morgan fingerprint density at radius 2 is 1.67 bits per heavy atom. The number of hydrogen-bond acceptors (Lipinski definition) is 2. The molecule has 0 heterocycles. The first-order chi connectivity index (χ1) is 9.61. The molecule has 1 saturated carbocycles. The lowest BCUT2D eigenvalue weighted by Gasteiger charge is -2.25. The smallest absolute Gasteiger partial charge is 0.279 e. The molecule has 3 nitrogen and oxygen atoms in total. The number of rotatable bonds is 1. The minimum Gasteiger partial charge on any atom is -0.279 e. The quantitative estimate of drug-likeness (QED) is 0.468. The van der Waals surface area contributed by atoms with E-state index in [1.807, 2.05) is 0 Å². The van der Waals surface area contributed by atoms with Crippen LogP contribution in [-0.2, 0) is 10.1 Å². The van der Waals surface area contributed by atoms with E-state index in [2.05, 4.69) is 30.3 Å². The second kappa shape index (κ2) is 7.47. The van der Waals surface area contributed by atoms with Crippen molar-refractivity contribution in [1.29, 1.82) is 0 Å². The van der Waals surface area contributed by atoms with Gasteiger partial charge in [-0.15, -0.1) is 11.6 Å². The molecule has 1 aromatic carbocycles. The van der Waals surface area contributed by atoms with Crippen LogP contribution in [-0.4, -0.2) is 23.9 Å². The Bertz CT molecular complexity index is 531. The average Bonchev–Trinajstić information content (AvgIpc) is 2.38. The summed E-state index contributed by atoms with van der Waals surface area (Å²) in [5.74, 6) is 0.706. The number of alkyl halides is 4. The standard InChI is InChI=1S/C12H15Cl.CHF3O3S/c13-12-8-4-7-11(9-12)10-5-2-1-3-6-10;2-1(3,4)8(5,6)7/h1-3,5-6,11-12H,4,7-9H2;(H,5,6,7). The van der Waals surface area contributed by atoms with Crippen LogP contribution in [0.25, 0.3) is 0 Å². The highest BCUT2D eigenvalue weighted by Gasteiger charge is 2.44. The average molecular weight is 345 g/mol. The summed E-state index contributed by atoms with van der Waals surface area (Å²) in [6.45, 7) is 0. The van der Waals surface area contributed by atoms with Crippen LogP contribution < -0.4 is 0 Å². The Morgan fingerprint density at radius 1 is 1.14 bits per heavy atom. The van der Waals surface area contributed by atoms with Crippen LogP contribution >= 0.6 is 11.6 Å². The van der Waals surface area contributed by atoms with Crippen LogP contribution in [0.15, 0.2) is 30.3 Å². The molecule has 0 spiro atoms. The van der Waals surface area contributed by atoms with Crippen molar-refractivity contribution in [1.82, 2.24) is 0 Å². The van der Waals surface area contributed by atoms with Gasteiger partial charge in [-0.25, -0.2) is 0 Å². The molecule has 1 aromatic rings. The molecule has 1 aliphatic rings. The molecular formula is C13H16ClF3O3S. The maximum Gasteiger partial charge on any atom is 0.522 e. The first kappa shape index (κ1) is 18.3. The van der Waals surface area contributed by atoms with Crippen molar-refractivity contribution in [3.63, 3.8) is 0 Å². The molecule has 0 bridgehead atoms. The summed E-state index contributed by atoms with van der Waals surface area (Å²) < 4.78 is 57.5. The van der Waals surface area contributed by atoms with Crippen LogP contribution in [0.5, 0.6) is 0 Å². The fourth-order valence-corrected chi connectivity index (χ4v) is 2.53. The monoisotopic (exact) mass is 344 g/mol. The van der Waals surface area contributed by atoms with E-state index in [4.69, 9.17) is 24.6 Å². The van der Waals surface area contributed by atoms with Crippen LogP contribution in [0.2, 0.25) is 0 Å². The van der Waals surface area contributed by atoms with Gasteiger partial charge in [0, 0.05) is 5.38 Å². The molecule has 0 radical (unpaired) electrons. The van der Waals surface area contributed by atoms with E-state index in [1.54, 1.807) is 0 Å². The molecule has 2 atom stereocenters. The molecule has 21 heavy (non-hydrogen) atoms. The Labute approximate surface area is 126 Å². The minimum absolute atomic E-state index is 0.402. The van der Waals surface area contributed by atoms with Gasteiger partial charge in [-0.1, -0.05) is 36.8 Å². The zero-order valence-corrected chi connectivity index (χ0v) is 12.6. The highest BCUT2D eigenvalue weighted by Crippen LogP contribution is 2.34. The Balaban J connectivity index is 0.000000240. The summed E-state index contributed by atoms with van der Waals surface area (Å²) in [6, 6.07) is 10.8. The third kappa shape index (κ3) is 6.23. The van der Waals surface area contributed by atoms with Gasteiger partial charge in [0.05, 0.1) is 0 Å². The second-order valence-electron chi connectivity index (χ2n) is 4.79. The molecular weight excluding hydrogens is 329 g/mol. The van der Waals surface area contributed by atoms with E-state index in [1.165, 1.54) is 24.8 Å². The molecule has 120 valence electrons. The summed E-state index contributed by atoms with van der Waals surface area (Å²) in [6.07, 6.45) is 4.96. The van der Waals surface area contributed by atoms with Gasteiger partial charge in [-0.3, -0.25) is 4.55 Å². The van der Waals surface area contributed by atoms with Gasteiger partial charge >= 0.3 is 15.6 Å². The summed E-state index contributed by atoms with van der Waals surface area (Å²) in [4.78, 5) is 0. The molecule has 1 N–H and O–H groups in total. The number of hydrogen-bond donors (Lipinski definition) is 1. The Hall–Kier alpha value is -0.790. The van der Waals surface area contributed by atoms with Gasteiger partial charge in [0.1, 0.15) is 0 Å². The SMILES string of the molecule is ClC1CCCC(c2ccccc2)C1.O=S(=O)(O)C(F)(F)F. The van der Waals surface area contributed by atoms with E-state index < -0.39 is 15.6 Å². The zero-order valence-electron chi connectivity index (χ0n) is 11.1. The molecule has 8 heteroatoms. The van der Waals surface area contributed by atoms with Crippen LogP contribution in [0.3, 0.4) is 0 Å². The third-order valence-corrected chi connectivity index (χ3v) is 4.16. The van der Waals surface area contributed by atoms with Gasteiger partial charge < -0.3 is 0 Å². The van der Waals surface area contributed by atoms with E-state index in [0.29, 0.717) is 11.3 Å². The van der Waals surface area contributed by atoms with Crippen molar-refractivity contribution in [3.8, 4) is 0 Å². The first-order valence-corrected chi connectivity index (χ1v) is 8.21. The lowest BCUT2D eigenvalue weighted by Crippen LogP contribution is -2.21. The van der Waals surface area contributed by atoms with E-state index >= 15 is 0 Å². The molecule has 2 rings (SSSR count). The van der Waals surface area contributed by atoms with Crippen molar-refractivity contribution in [2.75, 3.05) is 0 Å². The van der Waals surface area contributed by atoms with Gasteiger partial charge in [-0.05, 0) is 30.7 Å². The van der Waals surface area contributed by atoms with Gasteiger partial charge in [0.2, 0.25) is 0 Å². The van der Waals surface area contributed by atoms with Crippen molar-refractivity contribution >= 4 is 21.7 Å². The summed E-state index contributed by atoms with van der Waals surface area (Å²) in [5.41, 5.74) is -4.07. The van der Waals surface area contributed by atoms with Crippen molar-refractivity contribution < 1.29 is 26.1 Å². The van der Waals surface area contributed by atoms with Crippen molar-refractivity contribution in [2.24, 2.45) is 0 Å². The van der Waals surface area contributed by atoms with Crippen LogP contribution in [0, 0.1) is 0 Å². The van der Waals surface area contributed by atoms with Gasteiger partial charge in [-0.2, -0.15) is 21.6 Å². The van der Waals surface area contributed by atoms with Gasteiger partial charge in [0.15, 0.2) is 0 Å². The van der Waals surface area contributed by atoms with Crippen LogP contribution in [0.4, 0.5) is 13.2 Å². The predicted molar refractivity (Wildman–Crippen MR) is 74.9 cm³/mol. The number of halogens is 4. The Morgan fingerprint density at radius 3 is 2.10 bits per heavy atom. The van der Waals surface area contributed by atoms with E-state index in [-0.39, 0.29) is 0 Å². The summed E-state index contributed by atoms with van der Waals surface area (Å²) in [5, 5.41) is 0.402. The minimum atomic E-state index is -5.84. The molecule has 0 aliphatic heterocycles. The maximum absolute atomic E-state index is 10.7. The number of benzene rings is 1. The van der Waals surface area contributed by atoms with Crippen molar-refractivity contribution in [3.05, 3.63) is 35.9 Å². The molecule has 0 amide bonds. The lowest BCUT2D eigenvalue weighted by atomic mass is 9.84. The summed E-state index contributed by atoms with van der Waals surface area (Å²) in [7, 11) is -5.84. The molecule has 2 unspecified atom stereocenters. The summed E-state index contributed by atoms with van der Waals surface area (Å²) >= 11 is 6.16. The third-order valence-electron chi connectivity index (χ3n) is 3.17. The fourth-order valence-electron chi connectivity index (χ4n) is 2.16.